The van der Waals surface area contributed by atoms with E-state index in [9.17, 15) is 0 Å². The maximum Gasteiger partial charge on any atom is 0.163 e. The molecule has 0 aromatic carbocycles. The van der Waals surface area contributed by atoms with Crippen LogP contribution >= 0.6 is 0 Å². The van der Waals surface area contributed by atoms with Crippen molar-refractivity contribution in [3.8, 4) is 0 Å². The van der Waals surface area contributed by atoms with E-state index in [1.165, 1.54) is 25.8 Å². The summed E-state index contributed by atoms with van der Waals surface area (Å²) in [6, 6.07) is 0.603. The molecule has 0 spiro atoms. The minimum absolute atomic E-state index is 0.603. The van der Waals surface area contributed by atoms with Crippen LogP contribution in [0.2, 0.25) is 0 Å². The number of fused-ring (bicyclic) bond motifs is 1. The van der Waals surface area contributed by atoms with E-state index in [-0.39, 0.29) is 0 Å². The van der Waals surface area contributed by atoms with Crippen LogP contribution in [0.4, 0.5) is 5.82 Å². The largest absolute Gasteiger partial charge is 0.357 e. The Morgan fingerprint density at radius 1 is 1.29 bits per heavy atom. The number of likely N-dealkylation sites (N-methyl/N-ethyl adjacent to an activating group) is 2. The lowest BCUT2D eigenvalue weighted by atomic mass is 10.0. The normalized spacial score (nSPS) is 20.1. The summed E-state index contributed by atoms with van der Waals surface area (Å²) in [4.78, 5) is 13.9. The second-order valence-corrected chi connectivity index (χ2v) is 6.11. The lowest BCUT2D eigenvalue weighted by Gasteiger charge is -2.35. The minimum Gasteiger partial charge on any atom is -0.357 e. The number of rotatable bonds is 3. The Hall–Kier alpha value is -1.69. The van der Waals surface area contributed by atoms with Crippen LogP contribution in [0.15, 0.2) is 6.20 Å². The third-order valence-electron chi connectivity index (χ3n) is 4.45. The Balaban J connectivity index is 1.88. The summed E-state index contributed by atoms with van der Waals surface area (Å²) >= 11 is 0. The molecule has 3 heterocycles. The van der Waals surface area contributed by atoms with Gasteiger partial charge in [-0.1, -0.05) is 6.42 Å². The van der Waals surface area contributed by atoms with Gasteiger partial charge in [0, 0.05) is 26.7 Å². The zero-order chi connectivity index (χ0) is 15.0. The maximum atomic E-state index is 4.65. The molecule has 0 saturated carbocycles. The Morgan fingerprint density at radius 3 is 2.86 bits per heavy atom. The predicted octanol–water partition coefficient (Wildman–Crippen LogP) is 1.59. The zero-order valence-corrected chi connectivity index (χ0v) is 13.4. The van der Waals surface area contributed by atoms with Gasteiger partial charge in [-0.05, 0) is 33.4 Å². The first-order valence-electron chi connectivity index (χ1n) is 7.64. The van der Waals surface area contributed by atoms with E-state index < -0.39 is 0 Å². The monoisotopic (exact) mass is 288 g/mol. The number of anilines is 1. The third kappa shape index (κ3) is 2.72. The van der Waals surface area contributed by atoms with Gasteiger partial charge in [-0.2, -0.15) is 5.10 Å². The lowest BCUT2D eigenvalue weighted by Crippen LogP contribution is -2.44. The van der Waals surface area contributed by atoms with Gasteiger partial charge in [-0.3, -0.25) is 4.68 Å². The molecule has 0 bridgehead atoms. The van der Waals surface area contributed by atoms with E-state index in [1.54, 1.807) is 0 Å². The van der Waals surface area contributed by atoms with Gasteiger partial charge in [0.05, 0.1) is 11.6 Å². The van der Waals surface area contributed by atoms with Gasteiger partial charge >= 0.3 is 0 Å². The molecule has 0 N–H and O–H groups in total. The van der Waals surface area contributed by atoms with E-state index in [0.717, 1.165) is 29.2 Å². The number of hydrogen-bond acceptors (Lipinski definition) is 5. The summed E-state index contributed by atoms with van der Waals surface area (Å²) in [5.74, 6) is 1.79. The van der Waals surface area contributed by atoms with Gasteiger partial charge in [0.1, 0.15) is 11.6 Å². The van der Waals surface area contributed by atoms with Crippen LogP contribution in [0.25, 0.3) is 11.0 Å². The molecule has 1 atom stereocenters. The molecule has 0 radical (unpaired) electrons. The average Bonchev–Trinajstić information content (AvgIpc) is 2.82. The minimum atomic E-state index is 0.603. The number of aryl methyl sites for hydroxylation is 2. The van der Waals surface area contributed by atoms with Crippen molar-refractivity contribution in [3.63, 3.8) is 0 Å². The number of hydrogen-bond donors (Lipinski definition) is 0. The van der Waals surface area contributed by atoms with E-state index in [2.05, 4.69) is 39.0 Å². The van der Waals surface area contributed by atoms with E-state index in [4.69, 9.17) is 0 Å². The molecule has 1 fully saturated rings. The molecule has 0 aliphatic carbocycles. The van der Waals surface area contributed by atoms with Crippen LogP contribution < -0.4 is 4.90 Å². The lowest BCUT2D eigenvalue weighted by molar-refractivity contribution is 0.189. The molecule has 0 unspecified atom stereocenters. The Labute approximate surface area is 125 Å². The fraction of sp³-hybridized carbons (Fsp3) is 0.667. The first kappa shape index (κ1) is 14.3. The first-order chi connectivity index (χ1) is 10.1. The molecule has 21 heavy (non-hydrogen) atoms. The highest BCUT2D eigenvalue weighted by molar-refractivity contribution is 5.86. The molecule has 114 valence electrons. The Kier molecular flexibility index (Phi) is 3.80. The molecular formula is C15H24N6. The van der Waals surface area contributed by atoms with Gasteiger partial charge in [-0.15, -0.1) is 0 Å². The molecule has 6 nitrogen and oxygen atoms in total. The average molecular weight is 288 g/mol. The number of nitrogens with zero attached hydrogens (tertiary/aromatic N) is 6. The number of piperidine rings is 1. The highest BCUT2D eigenvalue weighted by Gasteiger charge is 2.22. The fourth-order valence-corrected chi connectivity index (χ4v) is 3.18. The van der Waals surface area contributed by atoms with Gasteiger partial charge in [0.2, 0.25) is 0 Å². The molecule has 1 aliphatic heterocycles. The second kappa shape index (κ2) is 5.60. The molecule has 1 aliphatic rings. The molecule has 2 aromatic heterocycles. The summed E-state index contributed by atoms with van der Waals surface area (Å²) in [6.07, 6.45) is 5.77. The van der Waals surface area contributed by atoms with Crippen LogP contribution in [-0.4, -0.2) is 57.9 Å². The van der Waals surface area contributed by atoms with Gasteiger partial charge in [-0.25, -0.2) is 9.97 Å². The van der Waals surface area contributed by atoms with E-state index >= 15 is 0 Å². The number of likely N-dealkylation sites (tertiary alicyclic amines) is 1. The molecule has 1 saturated heterocycles. The van der Waals surface area contributed by atoms with Crippen LogP contribution in [0.5, 0.6) is 0 Å². The van der Waals surface area contributed by atoms with Crippen molar-refractivity contribution in [1.82, 2.24) is 24.6 Å². The maximum absolute atomic E-state index is 4.65. The second-order valence-electron chi connectivity index (χ2n) is 6.11. The summed E-state index contributed by atoms with van der Waals surface area (Å²) in [6.45, 7) is 4.14. The van der Waals surface area contributed by atoms with Crippen LogP contribution in [0.3, 0.4) is 0 Å². The molecule has 3 rings (SSSR count). The SMILES string of the molecule is Cc1nc(N(C)C[C@@H]2CCCCN2C)c2cnn(C)c2n1. The summed E-state index contributed by atoms with van der Waals surface area (Å²) < 4.78 is 1.81. The van der Waals surface area contributed by atoms with Gasteiger partial charge < -0.3 is 9.80 Å². The fourth-order valence-electron chi connectivity index (χ4n) is 3.18. The van der Waals surface area contributed by atoms with Crippen molar-refractivity contribution in [1.29, 1.82) is 0 Å². The van der Waals surface area contributed by atoms with Crippen molar-refractivity contribution in [2.75, 3.05) is 32.1 Å². The number of aromatic nitrogens is 4. The third-order valence-corrected chi connectivity index (χ3v) is 4.45. The van der Waals surface area contributed by atoms with E-state index in [1.807, 2.05) is 24.9 Å². The van der Waals surface area contributed by atoms with Gasteiger partial charge in [0.25, 0.3) is 0 Å². The van der Waals surface area contributed by atoms with Crippen molar-refractivity contribution in [3.05, 3.63) is 12.0 Å². The van der Waals surface area contributed by atoms with Gasteiger partial charge in [0.15, 0.2) is 5.65 Å². The van der Waals surface area contributed by atoms with Crippen molar-refractivity contribution in [2.24, 2.45) is 7.05 Å². The highest BCUT2D eigenvalue weighted by Crippen LogP contribution is 2.24. The molecule has 2 aromatic rings. The molecule has 6 heteroatoms. The summed E-state index contributed by atoms with van der Waals surface area (Å²) in [5, 5.41) is 5.35. The van der Waals surface area contributed by atoms with Crippen LogP contribution in [0.1, 0.15) is 25.1 Å². The quantitative estimate of drug-likeness (QED) is 0.858. The summed E-state index contributed by atoms with van der Waals surface area (Å²) in [5.41, 5.74) is 0.904. The molecular weight excluding hydrogens is 264 g/mol. The van der Waals surface area contributed by atoms with Crippen LogP contribution in [0, 0.1) is 6.92 Å². The highest BCUT2D eigenvalue weighted by atomic mass is 15.3. The standard InChI is InChI=1S/C15H24N6/c1-11-17-14(13-9-16-21(4)15(13)18-11)20(3)10-12-7-5-6-8-19(12)2/h9,12H,5-8,10H2,1-4H3/t12-/m0/s1. The van der Waals surface area contributed by atoms with Crippen molar-refractivity contribution in [2.45, 2.75) is 32.2 Å². The Bertz CT molecular complexity index is 634. The predicted molar refractivity (Wildman–Crippen MR) is 84.6 cm³/mol. The smallest absolute Gasteiger partial charge is 0.163 e. The van der Waals surface area contributed by atoms with Crippen molar-refractivity contribution < 1.29 is 0 Å². The first-order valence-corrected chi connectivity index (χ1v) is 7.64. The van der Waals surface area contributed by atoms with Crippen LogP contribution in [-0.2, 0) is 7.05 Å². The molecule has 0 amide bonds. The summed E-state index contributed by atoms with van der Waals surface area (Å²) in [7, 11) is 6.27. The Morgan fingerprint density at radius 2 is 2.10 bits per heavy atom. The van der Waals surface area contributed by atoms with E-state index in [0.29, 0.717) is 6.04 Å². The van der Waals surface area contributed by atoms with Crippen molar-refractivity contribution >= 4 is 16.9 Å². The topological polar surface area (TPSA) is 50.1 Å². The zero-order valence-electron chi connectivity index (χ0n) is 13.4.